The lowest BCUT2D eigenvalue weighted by molar-refractivity contribution is -0.0398. The summed E-state index contributed by atoms with van der Waals surface area (Å²) in [5.74, 6) is 0. The Bertz CT molecular complexity index is 288. The van der Waals surface area contributed by atoms with Crippen LogP contribution in [-0.4, -0.2) is 32.0 Å². The molecule has 1 aromatic carbocycles. The maximum absolute atomic E-state index is 10.2. The molecule has 0 radical (unpaired) electrons. The third-order valence-corrected chi connectivity index (χ3v) is 2.30. The van der Waals surface area contributed by atoms with E-state index in [1.807, 2.05) is 30.3 Å². The average molecular weight is 225 g/mol. The summed E-state index contributed by atoms with van der Waals surface area (Å²) in [6.07, 6.45) is 0. The molecule has 1 aromatic rings. The van der Waals surface area contributed by atoms with Crippen LogP contribution in [0.4, 0.5) is 0 Å². The maximum atomic E-state index is 10.2. The number of nitrogens with one attached hydrogen (secondary N) is 1. The van der Waals surface area contributed by atoms with Crippen molar-refractivity contribution in [1.82, 2.24) is 5.48 Å². The Kier molecular flexibility index (Phi) is 5.42. The summed E-state index contributed by atoms with van der Waals surface area (Å²) in [5.41, 5.74) is 2.65. The molecule has 0 aliphatic carbocycles. The fourth-order valence-electron chi connectivity index (χ4n) is 1.29. The first-order chi connectivity index (χ1) is 7.67. The summed E-state index contributed by atoms with van der Waals surface area (Å²) < 4.78 is 4.83. The Hall–Kier alpha value is -0.940. The van der Waals surface area contributed by atoms with Crippen LogP contribution in [0, 0.1) is 0 Å². The fourth-order valence-corrected chi connectivity index (χ4v) is 1.29. The molecule has 2 N–H and O–H groups in total. The van der Waals surface area contributed by atoms with E-state index in [9.17, 15) is 5.11 Å². The van der Waals surface area contributed by atoms with Gasteiger partial charge in [0.2, 0.25) is 0 Å². The number of hydroxylamine groups is 1. The van der Waals surface area contributed by atoms with Crippen molar-refractivity contribution in [2.75, 3.05) is 26.9 Å². The first-order valence-corrected chi connectivity index (χ1v) is 5.28. The molecular weight excluding hydrogens is 206 g/mol. The Morgan fingerprint density at radius 2 is 1.94 bits per heavy atom. The lowest BCUT2D eigenvalue weighted by atomic mass is 9.96. The van der Waals surface area contributed by atoms with Crippen molar-refractivity contribution in [2.24, 2.45) is 0 Å². The molecule has 4 nitrogen and oxygen atoms in total. The van der Waals surface area contributed by atoms with Gasteiger partial charge in [-0.2, -0.15) is 5.48 Å². The van der Waals surface area contributed by atoms with E-state index in [1.165, 1.54) is 0 Å². The first-order valence-electron chi connectivity index (χ1n) is 5.28. The van der Waals surface area contributed by atoms with E-state index in [-0.39, 0.29) is 0 Å². The van der Waals surface area contributed by atoms with Crippen LogP contribution in [0.3, 0.4) is 0 Å². The van der Waals surface area contributed by atoms with Crippen molar-refractivity contribution in [2.45, 2.75) is 12.5 Å². The summed E-state index contributed by atoms with van der Waals surface area (Å²) in [6.45, 7) is 3.07. The molecule has 0 heterocycles. The molecule has 0 saturated heterocycles. The Balaban J connectivity index is 2.35. The van der Waals surface area contributed by atoms with Gasteiger partial charge in [0.1, 0.15) is 5.60 Å². The maximum Gasteiger partial charge on any atom is 0.102 e. The zero-order chi connectivity index (χ0) is 11.9. The van der Waals surface area contributed by atoms with Crippen molar-refractivity contribution >= 4 is 0 Å². The molecule has 0 spiro atoms. The van der Waals surface area contributed by atoms with E-state index in [1.54, 1.807) is 14.0 Å². The SMILES string of the molecule is COCCONCC(C)(O)c1ccccc1. The Labute approximate surface area is 96.1 Å². The summed E-state index contributed by atoms with van der Waals surface area (Å²) in [5, 5.41) is 10.2. The minimum absolute atomic E-state index is 0.334. The standard InChI is InChI=1S/C12H19NO3/c1-12(14,10-13-16-9-8-15-2)11-6-4-3-5-7-11/h3-7,13-14H,8-10H2,1-2H3. The molecule has 0 amide bonds. The number of hydrogen-bond acceptors (Lipinski definition) is 4. The monoisotopic (exact) mass is 225 g/mol. The Morgan fingerprint density at radius 1 is 1.25 bits per heavy atom. The Morgan fingerprint density at radius 3 is 2.56 bits per heavy atom. The van der Waals surface area contributed by atoms with Crippen LogP contribution in [0.1, 0.15) is 12.5 Å². The fraction of sp³-hybridized carbons (Fsp3) is 0.500. The van der Waals surface area contributed by atoms with E-state index in [4.69, 9.17) is 9.57 Å². The molecule has 0 fully saturated rings. The first kappa shape index (κ1) is 13.1. The van der Waals surface area contributed by atoms with Gasteiger partial charge in [-0.15, -0.1) is 0 Å². The second-order valence-corrected chi connectivity index (χ2v) is 3.80. The third kappa shape index (κ3) is 4.28. The zero-order valence-electron chi connectivity index (χ0n) is 9.77. The van der Waals surface area contributed by atoms with Gasteiger partial charge < -0.3 is 9.84 Å². The highest BCUT2D eigenvalue weighted by molar-refractivity contribution is 5.21. The van der Waals surface area contributed by atoms with Crippen molar-refractivity contribution in [3.63, 3.8) is 0 Å². The molecule has 4 heteroatoms. The van der Waals surface area contributed by atoms with Crippen molar-refractivity contribution in [3.8, 4) is 0 Å². The van der Waals surface area contributed by atoms with Gasteiger partial charge in [0.25, 0.3) is 0 Å². The molecular formula is C12H19NO3. The molecule has 0 aromatic heterocycles. The molecule has 1 atom stereocenters. The molecule has 1 rings (SSSR count). The van der Waals surface area contributed by atoms with Crippen molar-refractivity contribution in [3.05, 3.63) is 35.9 Å². The van der Waals surface area contributed by atoms with Gasteiger partial charge in [-0.25, -0.2) is 0 Å². The zero-order valence-corrected chi connectivity index (χ0v) is 9.77. The van der Waals surface area contributed by atoms with Crippen LogP contribution in [0.25, 0.3) is 0 Å². The van der Waals surface area contributed by atoms with Gasteiger partial charge >= 0.3 is 0 Å². The number of rotatable bonds is 7. The van der Waals surface area contributed by atoms with E-state index in [2.05, 4.69) is 5.48 Å². The minimum atomic E-state index is -0.936. The number of methoxy groups -OCH3 is 1. The van der Waals surface area contributed by atoms with Gasteiger partial charge in [-0.05, 0) is 12.5 Å². The van der Waals surface area contributed by atoms with Gasteiger partial charge in [0, 0.05) is 7.11 Å². The van der Waals surface area contributed by atoms with Crippen LogP contribution in [0.15, 0.2) is 30.3 Å². The minimum Gasteiger partial charge on any atom is -0.384 e. The quantitative estimate of drug-likeness (QED) is 0.538. The normalized spacial score (nSPS) is 14.7. The largest absolute Gasteiger partial charge is 0.384 e. The summed E-state index contributed by atoms with van der Waals surface area (Å²) >= 11 is 0. The topological polar surface area (TPSA) is 50.7 Å². The van der Waals surface area contributed by atoms with Gasteiger partial charge in [0.05, 0.1) is 19.8 Å². The highest BCUT2D eigenvalue weighted by Crippen LogP contribution is 2.18. The number of ether oxygens (including phenoxy) is 1. The predicted octanol–water partition coefficient (Wildman–Crippen LogP) is 1.06. The van der Waals surface area contributed by atoms with E-state index in [0.717, 1.165) is 5.56 Å². The molecule has 90 valence electrons. The van der Waals surface area contributed by atoms with Crippen LogP contribution >= 0.6 is 0 Å². The second kappa shape index (κ2) is 6.60. The van der Waals surface area contributed by atoms with Gasteiger partial charge in [-0.3, -0.25) is 4.84 Å². The average Bonchev–Trinajstić information content (AvgIpc) is 2.30. The highest BCUT2D eigenvalue weighted by Gasteiger charge is 2.22. The third-order valence-electron chi connectivity index (χ3n) is 2.30. The summed E-state index contributed by atoms with van der Waals surface area (Å²) in [4.78, 5) is 5.10. The number of hydrogen-bond donors (Lipinski definition) is 2. The van der Waals surface area contributed by atoms with E-state index < -0.39 is 5.60 Å². The van der Waals surface area contributed by atoms with E-state index in [0.29, 0.717) is 19.8 Å². The summed E-state index contributed by atoms with van der Waals surface area (Å²) in [6, 6.07) is 9.49. The van der Waals surface area contributed by atoms with Crippen LogP contribution in [0.2, 0.25) is 0 Å². The van der Waals surface area contributed by atoms with Crippen LogP contribution in [0.5, 0.6) is 0 Å². The van der Waals surface area contributed by atoms with Crippen molar-refractivity contribution < 1.29 is 14.7 Å². The second-order valence-electron chi connectivity index (χ2n) is 3.80. The molecule has 16 heavy (non-hydrogen) atoms. The van der Waals surface area contributed by atoms with Gasteiger partial charge in [-0.1, -0.05) is 30.3 Å². The van der Waals surface area contributed by atoms with Crippen molar-refractivity contribution in [1.29, 1.82) is 0 Å². The lowest BCUT2D eigenvalue weighted by Crippen LogP contribution is -2.35. The van der Waals surface area contributed by atoms with Crippen LogP contribution in [-0.2, 0) is 15.2 Å². The number of aliphatic hydroxyl groups is 1. The van der Waals surface area contributed by atoms with Gasteiger partial charge in [0.15, 0.2) is 0 Å². The smallest absolute Gasteiger partial charge is 0.102 e. The lowest BCUT2D eigenvalue weighted by Gasteiger charge is -2.23. The summed E-state index contributed by atoms with van der Waals surface area (Å²) in [7, 11) is 1.61. The number of benzene rings is 1. The highest BCUT2D eigenvalue weighted by atomic mass is 16.7. The molecule has 0 saturated carbocycles. The molecule has 0 aliphatic heterocycles. The molecule has 0 bridgehead atoms. The van der Waals surface area contributed by atoms with Crippen LogP contribution < -0.4 is 5.48 Å². The predicted molar refractivity (Wildman–Crippen MR) is 61.8 cm³/mol. The van der Waals surface area contributed by atoms with E-state index >= 15 is 0 Å². The molecule has 0 aliphatic rings. The molecule has 1 unspecified atom stereocenters.